The van der Waals surface area contributed by atoms with Crippen LogP contribution < -0.4 is 10.3 Å². The Morgan fingerprint density at radius 1 is 1.29 bits per heavy atom. The lowest BCUT2D eigenvalue weighted by Gasteiger charge is -2.05. The molecule has 0 bridgehead atoms. The molecule has 3 aromatic rings. The van der Waals surface area contributed by atoms with Gasteiger partial charge in [0.05, 0.1) is 5.39 Å². The second-order valence-corrected chi connectivity index (χ2v) is 5.99. The van der Waals surface area contributed by atoms with E-state index in [-0.39, 0.29) is 12.2 Å². The highest BCUT2D eigenvalue weighted by Crippen LogP contribution is 2.27. The first-order valence-electron chi connectivity index (χ1n) is 6.88. The van der Waals surface area contributed by atoms with E-state index in [1.165, 1.54) is 0 Å². The monoisotopic (exact) mass is 300 g/mol. The van der Waals surface area contributed by atoms with Crippen LogP contribution in [0.25, 0.3) is 10.2 Å². The third kappa shape index (κ3) is 2.69. The van der Waals surface area contributed by atoms with E-state index in [4.69, 9.17) is 4.74 Å². The molecule has 5 heteroatoms. The van der Waals surface area contributed by atoms with Crippen LogP contribution in [0, 0.1) is 6.92 Å². The molecule has 0 aliphatic carbocycles. The van der Waals surface area contributed by atoms with Gasteiger partial charge in [-0.05, 0) is 31.0 Å². The van der Waals surface area contributed by atoms with Crippen LogP contribution in [-0.4, -0.2) is 9.97 Å². The van der Waals surface area contributed by atoms with Crippen LogP contribution in [0.3, 0.4) is 0 Å². The Morgan fingerprint density at radius 3 is 2.76 bits per heavy atom. The lowest BCUT2D eigenvalue weighted by Crippen LogP contribution is -2.13. The minimum Gasteiger partial charge on any atom is -0.486 e. The second-order valence-electron chi connectivity index (χ2n) is 4.78. The van der Waals surface area contributed by atoms with Crippen LogP contribution in [0.2, 0.25) is 0 Å². The van der Waals surface area contributed by atoms with Gasteiger partial charge in [0.25, 0.3) is 5.56 Å². The first kappa shape index (κ1) is 13.8. The van der Waals surface area contributed by atoms with Gasteiger partial charge in [-0.1, -0.05) is 25.1 Å². The number of para-hydroxylation sites is 1. The number of thiophene rings is 1. The van der Waals surface area contributed by atoms with E-state index in [0.717, 1.165) is 32.8 Å². The zero-order chi connectivity index (χ0) is 14.8. The van der Waals surface area contributed by atoms with Crippen molar-refractivity contribution in [3.63, 3.8) is 0 Å². The predicted molar refractivity (Wildman–Crippen MR) is 85.1 cm³/mol. The summed E-state index contributed by atoms with van der Waals surface area (Å²) >= 11 is 1.57. The van der Waals surface area contributed by atoms with E-state index in [0.29, 0.717) is 5.82 Å². The van der Waals surface area contributed by atoms with Crippen LogP contribution in [0.1, 0.15) is 23.2 Å². The molecule has 108 valence electrons. The Kier molecular flexibility index (Phi) is 3.75. The van der Waals surface area contributed by atoms with Crippen molar-refractivity contribution in [1.82, 2.24) is 9.97 Å². The van der Waals surface area contributed by atoms with Gasteiger partial charge >= 0.3 is 0 Å². The van der Waals surface area contributed by atoms with Crippen LogP contribution in [0.5, 0.6) is 5.75 Å². The zero-order valence-corrected chi connectivity index (χ0v) is 12.8. The molecule has 0 amide bonds. The van der Waals surface area contributed by atoms with Crippen LogP contribution in [0.4, 0.5) is 0 Å². The lowest BCUT2D eigenvalue weighted by molar-refractivity contribution is 0.296. The second kappa shape index (κ2) is 5.69. The van der Waals surface area contributed by atoms with Crippen molar-refractivity contribution in [2.75, 3.05) is 0 Å². The van der Waals surface area contributed by atoms with Gasteiger partial charge in [-0.3, -0.25) is 4.79 Å². The Morgan fingerprint density at radius 2 is 2.05 bits per heavy atom. The van der Waals surface area contributed by atoms with E-state index in [1.54, 1.807) is 11.3 Å². The summed E-state index contributed by atoms with van der Waals surface area (Å²) in [5.74, 6) is 1.32. The normalized spacial score (nSPS) is 11.0. The molecule has 0 spiro atoms. The SMILES string of the molecule is CCc1c(C)sc2nc(COc3ccccc3)[nH]c(=O)c12. The molecule has 1 N–H and O–H groups in total. The van der Waals surface area contributed by atoms with Gasteiger partial charge in [0.1, 0.15) is 23.0 Å². The Bertz CT molecular complexity index is 821. The number of aromatic nitrogens is 2. The molecule has 0 fully saturated rings. The van der Waals surface area contributed by atoms with Crippen molar-refractivity contribution in [2.45, 2.75) is 26.9 Å². The highest BCUT2D eigenvalue weighted by atomic mass is 32.1. The summed E-state index contributed by atoms with van der Waals surface area (Å²) in [4.78, 5) is 21.6. The minimum absolute atomic E-state index is 0.0761. The molecular formula is C16H16N2O2S. The Balaban J connectivity index is 1.92. The number of fused-ring (bicyclic) bond motifs is 1. The number of aromatic amines is 1. The van der Waals surface area contributed by atoms with Crippen LogP contribution >= 0.6 is 11.3 Å². The van der Waals surface area contributed by atoms with Crippen molar-refractivity contribution in [3.05, 3.63) is 57.0 Å². The summed E-state index contributed by atoms with van der Waals surface area (Å²) in [7, 11) is 0. The van der Waals surface area contributed by atoms with Crippen molar-refractivity contribution in [3.8, 4) is 5.75 Å². The molecule has 0 radical (unpaired) electrons. The van der Waals surface area contributed by atoms with Gasteiger partial charge in [0.2, 0.25) is 0 Å². The number of H-pyrrole nitrogens is 1. The zero-order valence-electron chi connectivity index (χ0n) is 12.0. The standard InChI is InChI=1S/C16H16N2O2S/c1-3-12-10(2)21-16-14(12)15(19)17-13(18-16)9-20-11-7-5-4-6-8-11/h4-8H,3,9H2,1-2H3,(H,17,18,19). The first-order chi connectivity index (χ1) is 10.2. The summed E-state index contributed by atoms with van der Waals surface area (Å²) in [6.45, 7) is 4.35. The number of benzene rings is 1. The van der Waals surface area contributed by atoms with Gasteiger partial charge in [0, 0.05) is 4.88 Å². The van der Waals surface area contributed by atoms with Crippen molar-refractivity contribution >= 4 is 21.6 Å². The average molecular weight is 300 g/mol. The molecule has 2 aromatic heterocycles. The molecule has 2 heterocycles. The van der Waals surface area contributed by atoms with E-state index in [9.17, 15) is 4.79 Å². The van der Waals surface area contributed by atoms with Gasteiger partial charge in [0.15, 0.2) is 0 Å². The fraction of sp³-hybridized carbons (Fsp3) is 0.250. The summed E-state index contributed by atoms with van der Waals surface area (Å²) < 4.78 is 5.63. The largest absolute Gasteiger partial charge is 0.486 e. The smallest absolute Gasteiger partial charge is 0.260 e. The van der Waals surface area contributed by atoms with Gasteiger partial charge < -0.3 is 9.72 Å². The molecular weight excluding hydrogens is 284 g/mol. The highest BCUT2D eigenvalue weighted by molar-refractivity contribution is 7.18. The molecule has 3 rings (SSSR count). The fourth-order valence-electron chi connectivity index (χ4n) is 2.38. The number of rotatable bonds is 4. The maximum atomic E-state index is 12.3. The number of hydrogen-bond donors (Lipinski definition) is 1. The van der Waals surface area contributed by atoms with Crippen molar-refractivity contribution < 1.29 is 4.74 Å². The van der Waals surface area contributed by atoms with E-state index in [1.807, 2.05) is 37.3 Å². The molecule has 1 aromatic carbocycles. The third-order valence-electron chi connectivity index (χ3n) is 3.38. The molecule has 0 aliphatic rings. The summed E-state index contributed by atoms with van der Waals surface area (Å²) in [5.41, 5.74) is 1.02. The van der Waals surface area contributed by atoms with Gasteiger partial charge in [-0.25, -0.2) is 4.98 Å². The van der Waals surface area contributed by atoms with E-state index >= 15 is 0 Å². The van der Waals surface area contributed by atoms with Crippen LogP contribution in [-0.2, 0) is 13.0 Å². The quantitative estimate of drug-likeness (QED) is 0.803. The maximum Gasteiger partial charge on any atom is 0.260 e. The summed E-state index contributed by atoms with van der Waals surface area (Å²) in [5, 5.41) is 0.725. The molecule has 0 saturated heterocycles. The van der Waals surface area contributed by atoms with Crippen LogP contribution in [0.15, 0.2) is 35.1 Å². The summed E-state index contributed by atoms with van der Waals surface area (Å²) in [6.07, 6.45) is 0.844. The molecule has 21 heavy (non-hydrogen) atoms. The lowest BCUT2D eigenvalue weighted by atomic mass is 10.1. The van der Waals surface area contributed by atoms with Crippen molar-refractivity contribution in [1.29, 1.82) is 0 Å². The molecule has 4 nitrogen and oxygen atoms in total. The Hall–Kier alpha value is -2.14. The molecule has 0 atom stereocenters. The first-order valence-corrected chi connectivity index (χ1v) is 7.69. The minimum atomic E-state index is -0.0761. The summed E-state index contributed by atoms with van der Waals surface area (Å²) in [6, 6.07) is 9.50. The molecule has 0 aliphatic heterocycles. The van der Waals surface area contributed by atoms with Gasteiger partial charge in [-0.2, -0.15) is 0 Å². The van der Waals surface area contributed by atoms with Crippen molar-refractivity contribution in [2.24, 2.45) is 0 Å². The van der Waals surface area contributed by atoms with E-state index in [2.05, 4.69) is 16.9 Å². The highest BCUT2D eigenvalue weighted by Gasteiger charge is 2.13. The van der Waals surface area contributed by atoms with Gasteiger partial charge in [-0.15, -0.1) is 11.3 Å². The topological polar surface area (TPSA) is 55.0 Å². The predicted octanol–water partition coefficient (Wildman–Crippen LogP) is 3.43. The molecule has 0 saturated carbocycles. The number of nitrogens with zero attached hydrogens (tertiary/aromatic N) is 1. The van der Waals surface area contributed by atoms with E-state index < -0.39 is 0 Å². The molecule has 0 unspecified atom stereocenters. The fourth-order valence-corrected chi connectivity index (χ4v) is 3.52. The Labute approximate surface area is 126 Å². The number of nitrogens with one attached hydrogen (secondary N) is 1. The third-order valence-corrected chi connectivity index (χ3v) is 4.43. The number of aryl methyl sites for hydroxylation is 2. The maximum absolute atomic E-state index is 12.3. The average Bonchev–Trinajstić information content (AvgIpc) is 2.82. The number of hydrogen-bond acceptors (Lipinski definition) is 4. The number of ether oxygens (including phenoxy) is 1.